The van der Waals surface area contributed by atoms with Crippen LogP contribution in [0.4, 0.5) is 0 Å². The van der Waals surface area contributed by atoms with Gasteiger partial charge in [0.2, 0.25) is 0 Å². The molecule has 0 aromatic rings. The number of aliphatic hydroxyl groups excluding tert-OH is 1. The van der Waals surface area contributed by atoms with Gasteiger partial charge in [0.25, 0.3) is 0 Å². The van der Waals surface area contributed by atoms with E-state index in [1.165, 1.54) is 12.8 Å². The van der Waals surface area contributed by atoms with Crippen molar-refractivity contribution in [1.29, 1.82) is 0 Å². The Labute approximate surface area is 88.9 Å². The summed E-state index contributed by atoms with van der Waals surface area (Å²) in [4.78, 5) is 0. The summed E-state index contributed by atoms with van der Waals surface area (Å²) in [6, 6.07) is 0. The SMILES string of the molecule is CC#CCCC(O)C(CCC)CCC. The van der Waals surface area contributed by atoms with Crippen LogP contribution in [-0.2, 0) is 0 Å². The minimum Gasteiger partial charge on any atom is -0.393 e. The van der Waals surface area contributed by atoms with Crippen molar-refractivity contribution in [2.45, 2.75) is 65.4 Å². The van der Waals surface area contributed by atoms with Gasteiger partial charge in [0.05, 0.1) is 6.10 Å². The molecule has 14 heavy (non-hydrogen) atoms. The maximum Gasteiger partial charge on any atom is 0.0577 e. The quantitative estimate of drug-likeness (QED) is 0.619. The van der Waals surface area contributed by atoms with E-state index in [1.807, 2.05) is 6.92 Å². The Balaban J connectivity index is 3.84. The van der Waals surface area contributed by atoms with Crippen molar-refractivity contribution in [2.75, 3.05) is 0 Å². The third kappa shape index (κ3) is 6.05. The summed E-state index contributed by atoms with van der Waals surface area (Å²) in [5.41, 5.74) is 0. The van der Waals surface area contributed by atoms with Crippen molar-refractivity contribution < 1.29 is 5.11 Å². The zero-order valence-corrected chi connectivity index (χ0v) is 9.84. The van der Waals surface area contributed by atoms with Crippen LogP contribution in [0.5, 0.6) is 0 Å². The van der Waals surface area contributed by atoms with E-state index in [-0.39, 0.29) is 6.10 Å². The molecule has 0 aliphatic heterocycles. The molecule has 0 saturated heterocycles. The smallest absolute Gasteiger partial charge is 0.0577 e. The molecule has 1 N–H and O–H groups in total. The molecule has 0 aliphatic rings. The van der Waals surface area contributed by atoms with Gasteiger partial charge in [-0.25, -0.2) is 0 Å². The summed E-state index contributed by atoms with van der Waals surface area (Å²) in [5, 5.41) is 9.93. The predicted molar refractivity (Wildman–Crippen MR) is 62.0 cm³/mol. The van der Waals surface area contributed by atoms with Gasteiger partial charge < -0.3 is 5.11 Å². The zero-order valence-electron chi connectivity index (χ0n) is 9.84. The molecule has 0 amide bonds. The number of rotatable bonds is 7. The molecule has 1 heteroatoms. The number of hydrogen-bond donors (Lipinski definition) is 1. The lowest BCUT2D eigenvalue weighted by molar-refractivity contribution is 0.0894. The maximum atomic E-state index is 9.93. The number of aliphatic hydroxyl groups is 1. The van der Waals surface area contributed by atoms with Gasteiger partial charge in [0.1, 0.15) is 0 Å². The van der Waals surface area contributed by atoms with Gasteiger partial charge in [-0.3, -0.25) is 0 Å². The summed E-state index contributed by atoms with van der Waals surface area (Å²) in [6.45, 7) is 6.21. The van der Waals surface area contributed by atoms with Gasteiger partial charge in [0.15, 0.2) is 0 Å². The Hall–Kier alpha value is -0.480. The first-order chi connectivity index (χ1) is 6.76. The van der Waals surface area contributed by atoms with Gasteiger partial charge >= 0.3 is 0 Å². The second-order valence-electron chi connectivity index (χ2n) is 3.87. The first-order valence-electron chi connectivity index (χ1n) is 5.83. The predicted octanol–water partition coefficient (Wildman–Crippen LogP) is 3.37. The van der Waals surface area contributed by atoms with Crippen molar-refractivity contribution >= 4 is 0 Å². The molecular formula is C13H24O. The van der Waals surface area contributed by atoms with Crippen molar-refractivity contribution in [3.05, 3.63) is 0 Å². The molecule has 0 aromatic heterocycles. The van der Waals surface area contributed by atoms with E-state index < -0.39 is 0 Å². The average Bonchev–Trinajstić information content (AvgIpc) is 2.18. The molecule has 0 spiro atoms. The molecule has 0 rings (SSSR count). The molecule has 0 aromatic carbocycles. The Morgan fingerprint density at radius 3 is 2.07 bits per heavy atom. The normalized spacial score (nSPS) is 12.4. The van der Waals surface area contributed by atoms with Crippen LogP contribution in [0, 0.1) is 17.8 Å². The fourth-order valence-electron chi connectivity index (χ4n) is 1.85. The highest BCUT2D eigenvalue weighted by molar-refractivity contribution is 4.95. The lowest BCUT2D eigenvalue weighted by Crippen LogP contribution is -2.20. The van der Waals surface area contributed by atoms with Crippen molar-refractivity contribution in [2.24, 2.45) is 5.92 Å². The number of hydrogen-bond acceptors (Lipinski definition) is 1. The standard InChI is InChI=1S/C13H24O/c1-4-7-8-11-13(14)12(9-5-2)10-6-3/h12-14H,5-6,8-11H2,1-3H3. The van der Waals surface area contributed by atoms with Crippen LogP contribution < -0.4 is 0 Å². The highest BCUT2D eigenvalue weighted by Crippen LogP contribution is 2.20. The molecule has 0 radical (unpaired) electrons. The second kappa shape index (κ2) is 9.09. The van der Waals surface area contributed by atoms with Gasteiger partial charge in [0, 0.05) is 6.42 Å². The molecule has 1 atom stereocenters. The Morgan fingerprint density at radius 2 is 1.64 bits per heavy atom. The first-order valence-corrected chi connectivity index (χ1v) is 5.83. The van der Waals surface area contributed by atoms with Gasteiger partial charge in [-0.05, 0) is 32.1 Å². The minimum atomic E-state index is -0.143. The summed E-state index contributed by atoms with van der Waals surface area (Å²) in [6.07, 6.45) is 6.16. The van der Waals surface area contributed by atoms with Crippen LogP contribution in [0.15, 0.2) is 0 Å². The fourth-order valence-corrected chi connectivity index (χ4v) is 1.85. The molecule has 0 saturated carbocycles. The van der Waals surface area contributed by atoms with Gasteiger partial charge in [-0.15, -0.1) is 11.8 Å². The third-order valence-electron chi connectivity index (χ3n) is 2.60. The second-order valence-corrected chi connectivity index (χ2v) is 3.87. The van der Waals surface area contributed by atoms with Crippen LogP contribution in [0.3, 0.4) is 0 Å². The monoisotopic (exact) mass is 196 g/mol. The van der Waals surface area contributed by atoms with Crippen LogP contribution in [0.1, 0.15) is 59.3 Å². The van der Waals surface area contributed by atoms with Crippen LogP contribution in [0.25, 0.3) is 0 Å². The van der Waals surface area contributed by atoms with Crippen molar-refractivity contribution in [3.63, 3.8) is 0 Å². The Bertz CT molecular complexity index is 169. The molecule has 0 bridgehead atoms. The van der Waals surface area contributed by atoms with Gasteiger partial charge in [-0.1, -0.05) is 26.7 Å². The highest BCUT2D eigenvalue weighted by atomic mass is 16.3. The van der Waals surface area contributed by atoms with E-state index in [0.29, 0.717) is 5.92 Å². The highest BCUT2D eigenvalue weighted by Gasteiger charge is 2.16. The maximum absolute atomic E-state index is 9.93. The topological polar surface area (TPSA) is 20.2 Å². The van der Waals surface area contributed by atoms with Crippen LogP contribution >= 0.6 is 0 Å². The van der Waals surface area contributed by atoms with E-state index in [9.17, 15) is 5.11 Å². The van der Waals surface area contributed by atoms with Crippen LogP contribution in [0.2, 0.25) is 0 Å². The van der Waals surface area contributed by atoms with Crippen LogP contribution in [-0.4, -0.2) is 11.2 Å². The fraction of sp³-hybridized carbons (Fsp3) is 0.846. The Morgan fingerprint density at radius 1 is 1.07 bits per heavy atom. The summed E-state index contributed by atoms with van der Waals surface area (Å²) < 4.78 is 0. The molecule has 0 aliphatic carbocycles. The third-order valence-corrected chi connectivity index (χ3v) is 2.60. The average molecular weight is 196 g/mol. The molecule has 1 unspecified atom stereocenters. The molecule has 0 fully saturated rings. The van der Waals surface area contributed by atoms with Crippen molar-refractivity contribution in [3.8, 4) is 11.8 Å². The van der Waals surface area contributed by atoms with E-state index >= 15 is 0 Å². The van der Waals surface area contributed by atoms with E-state index in [2.05, 4.69) is 25.7 Å². The van der Waals surface area contributed by atoms with E-state index in [1.54, 1.807) is 0 Å². The summed E-state index contributed by atoms with van der Waals surface area (Å²) in [7, 11) is 0. The van der Waals surface area contributed by atoms with E-state index in [0.717, 1.165) is 25.7 Å². The lowest BCUT2D eigenvalue weighted by Gasteiger charge is -2.21. The largest absolute Gasteiger partial charge is 0.393 e. The Kier molecular flexibility index (Phi) is 8.78. The van der Waals surface area contributed by atoms with Crippen molar-refractivity contribution in [1.82, 2.24) is 0 Å². The zero-order chi connectivity index (χ0) is 10.8. The lowest BCUT2D eigenvalue weighted by atomic mass is 9.90. The van der Waals surface area contributed by atoms with Gasteiger partial charge in [-0.2, -0.15) is 0 Å². The first kappa shape index (κ1) is 13.5. The molecule has 82 valence electrons. The minimum absolute atomic E-state index is 0.143. The molecular weight excluding hydrogens is 172 g/mol. The molecule has 1 nitrogen and oxygen atoms in total. The summed E-state index contributed by atoms with van der Waals surface area (Å²) >= 11 is 0. The van der Waals surface area contributed by atoms with E-state index in [4.69, 9.17) is 0 Å². The molecule has 0 heterocycles. The summed E-state index contributed by atoms with van der Waals surface area (Å²) in [5.74, 6) is 6.36.